The van der Waals surface area contributed by atoms with E-state index in [0.29, 0.717) is 36.8 Å². The van der Waals surface area contributed by atoms with E-state index < -0.39 is 0 Å². The monoisotopic (exact) mass is 330 g/mol. The van der Waals surface area contributed by atoms with Crippen LogP contribution in [0.2, 0.25) is 0 Å². The van der Waals surface area contributed by atoms with E-state index in [4.69, 9.17) is 15.2 Å². The second kappa shape index (κ2) is 10.3. The highest BCUT2D eigenvalue weighted by Gasteiger charge is 2.18. The first kappa shape index (κ1) is 20.5. The van der Waals surface area contributed by atoms with Crippen LogP contribution in [-0.2, 0) is 0 Å². The molecule has 0 saturated heterocycles. The van der Waals surface area contributed by atoms with Gasteiger partial charge in [-0.2, -0.15) is 0 Å². The lowest BCUT2D eigenvalue weighted by molar-refractivity contribution is 0.0748. The van der Waals surface area contributed by atoms with Gasteiger partial charge in [0.1, 0.15) is 0 Å². The number of halogens is 1. The molecule has 126 valence electrons. The molecule has 0 spiro atoms. The molecule has 0 heterocycles. The molecule has 0 fully saturated rings. The summed E-state index contributed by atoms with van der Waals surface area (Å²) in [6.45, 7) is 7.44. The number of hydrogen-bond donors (Lipinski definition) is 1. The zero-order valence-corrected chi connectivity index (χ0v) is 14.6. The summed E-state index contributed by atoms with van der Waals surface area (Å²) in [4.78, 5) is 14.0. The van der Waals surface area contributed by atoms with E-state index >= 15 is 0 Å². The third-order valence-electron chi connectivity index (χ3n) is 3.27. The Labute approximate surface area is 139 Å². The summed E-state index contributed by atoms with van der Waals surface area (Å²) in [5.41, 5.74) is 6.18. The predicted molar refractivity (Wildman–Crippen MR) is 91.3 cm³/mol. The molecule has 2 N–H and O–H groups in total. The highest BCUT2D eigenvalue weighted by Crippen LogP contribution is 2.29. The predicted octanol–water partition coefficient (Wildman–Crippen LogP) is 2.72. The van der Waals surface area contributed by atoms with Crippen molar-refractivity contribution in [3.63, 3.8) is 0 Å². The Morgan fingerprint density at radius 1 is 1.27 bits per heavy atom. The molecular weight excluding hydrogens is 304 g/mol. The number of rotatable bonds is 8. The van der Waals surface area contributed by atoms with E-state index in [-0.39, 0.29) is 24.4 Å². The number of carbonyl (C=O) groups excluding carboxylic acids is 1. The molecule has 0 radical (unpaired) electrons. The van der Waals surface area contributed by atoms with Crippen LogP contribution in [-0.4, -0.2) is 43.7 Å². The van der Waals surface area contributed by atoms with Crippen LogP contribution in [0.1, 0.15) is 37.6 Å². The molecule has 0 aliphatic rings. The maximum Gasteiger partial charge on any atom is 0.254 e. The summed E-state index contributed by atoms with van der Waals surface area (Å²) in [5.74, 6) is 1.20. The van der Waals surface area contributed by atoms with Gasteiger partial charge in [0.05, 0.1) is 13.2 Å². The second-order valence-corrected chi connectivity index (χ2v) is 4.94. The van der Waals surface area contributed by atoms with Crippen molar-refractivity contribution in [2.75, 3.05) is 26.8 Å². The molecule has 22 heavy (non-hydrogen) atoms. The van der Waals surface area contributed by atoms with Crippen molar-refractivity contribution in [1.82, 2.24) is 4.90 Å². The maximum atomic E-state index is 12.4. The fourth-order valence-electron chi connectivity index (χ4n) is 1.80. The Hall–Kier alpha value is -1.46. The Morgan fingerprint density at radius 3 is 2.50 bits per heavy atom. The molecule has 0 saturated carbocycles. The molecule has 1 aromatic rings. The zero-order valence-electron chi connectivity index (χ0n) is 13.8. The summed E-state index contributed by atoms with van der Waals surface area (Å²) < 4.78 is 11.2. The quantitative estimate of drug-likeness (QED) is 0.796. The minimum absolute atomic E-state index is 0. The largest absolute Gasteiger partial charge is 0.490 e. The molecule has 5 nitrogen and oxygen atoms in total. The van der Waals surface area contributed by atoms with Crippen molar-refractivity contribution in [2.45, 2.75) is 33.2 Å². The van der Waals surface area contributed by atoms with Crippen molar-refractivity contribution in [3.8, 4) is 11.5 Å². The van der Waals surface area contributed by atoms with Gasteiger partial charge in [0, 0.05) is 25.2 Å². The van der Waals surface area contributed by atoms with Gasteiger partial charge in [-0.25, -0.2) is 0 Å². The summed E-state index contributed by atoms with van der Waals surface area (Å²) in [6.07, 6.45) is 0.920. The van der Waals surface area contributed by atoms with Gasteiger partial charge in [-0.3, -0.25) is 4.79 Å². The van der Waals surface area contributed by atoms with Gasteiger partial charge in [0.15, 0.2) is 11.5 Å². The smallest absolute Gasteiger partial charge is 0.254 e. The number of nitrogens with two attached hydrogens (primary N) is 1. The Bertz CT molecular complexity index is 469. The number of ether oxygens (including phenoxy) is 2. The average Bonchev–Trinajstić information content (AvgIpc) is 2.51. The standard InChI is InChI=1S/C16H26N2O3.ClH/c1-5-9-21-14-8-7-13(10-15(14)20-6-2)16(19)18(4)12(3)11-17;/h7-8,10,12H,5-6,9,11,17H2,1-4H3;1H. The van der Waals surface area contributed by atoms with Gasteiger partial charge < -0.3 is 20.1 Å². The van der Waals surface area contributed by atoms with Gasteiger partial charge in [0.2, 0.25) is 0 Å². The van der Waals surface area contributed by atoms with Crippen LogP contribution in [0.15, 0.2) is 18.2 Å². The minimum atomic E-state index is -0.0732. The van der Waals surface area contributed by atoms with Gasteiger partial charge in [-0.1, -0.05) is 6.92 Å². The molecule has 1 atom stereocenters. The molecule has 0 aliphatic carbocycles. The summed E-state index contributed by atoms with van der Waals surface area (Å²) >= 11 is 0. The first-order chi connectivity index (χ1) is 10.0. The van der Waals surface area contributed by atoms with E-state index in [2.05, 4.69) is 0 Å². The fraction of sp³-hybridized carbons (Fsp3) is 0.562. The van der Waals surface area contributed by atoms with Crippen LogP contribution in [0.3, 0.4) is 0 Å². The SMILES string of the molecule is CCCOc1ccc(C(=O)N(C)C(C)CN)cc1OCC.Cl. The summed E-state index contributed by atoms with van der Waals surface area (Å²) in [6, 6.07) is 5.27. The maximum absolute atomic E-state index is 12.4. The molecule has 1 unspecified atom stereocenters. The number of amides is 1. The Kier molecular flexibility index (Phi) is 9.61. The zero-order chi connectivity index (χ0) is 15.8. The van der Waals surface area contributed by atoms with E-state index in [1.54, 1.807) is 30.1 Å². The summed E-state index contributed by atoms with van der Waals surface area (Å²) in [5, 5.41) is 0. The average molecular weight is 331 g/mol. The van der Waals surface area contributed by atoms with Crippen molar-refractivity contribution in [2.24, 2.45) is 5.73 Å². The van der Waals surface area contributed by atoms with Gasteiger partial charge in [-0.05, 0) is 38.5 Å². The molecule has 0 aromatic heterocycles. The van der Waals surface area contributed by atoms with Crippen molar-refractivity contribution in [1.29, 1.82) is 0 Å². The highest BCUT2D eigenvalue weighted by molar-refractivity contribution is 5.95. The molecular formula is C16H27ClN2O3. The van der Waals surface area contributed by atoms with E-state index in [1.807, 2.05) is 20.8 Å². The molecule has 6 heteroatoms. The highest BCUT2D eigenvalue weighted by atomic mass is 35.5. The number of benzene rings is 1. The molecule has 1 amide bonds. The lowest BCUT2D eigenvalue weighted by Crippen LogP contribution is -2.39. The number of hydrogen-bond acceptors (Lipinski definition) is 4. The molecule has 0 bridgehead atoms. The van der Waals surface area contributed by atoms with E-state index in [0.717, 1.165) is 6.42 Å². The van der Waals surface area contributed by atoms with Crippen LogP contribution in [0.4, 0.5) is 0 Å². The Balaban J connectivity index is 0.00000441. The number of carbonyl (C=O) groups is 1. The van der Waals surface area contributed by atoms with Crippen LogP contribution < -0.4 is 15.2 Å². The number of likely N-dealkylation sites (N-methyl/N-ethyl adjacent to an activating group) is 1. The molecule has 1 rings (SSSR count). The van der Waals surface area contributed by atoms with Gasteiger partial charge in [-0.15, -0.1) is 12.4 Å². The molecule has 1 aromatic carbocycles. The third kappa shape index (κ3) is 5.39. The second-order valence-electron chi connectivity index (χ2n) is 4.94. The van der Waals surface area contributed by atoms with Crippen LogP contribution >= 0.6 is 12.4 Å². The topological polar surface area (TPSA) is 64.8 Å². The minimum Gasteiger partial charge on any atom is -0.490 e. The van der Waals surface area contributed by atoms with Crippen molar-refractivity contribution < 1.29 is 14.3 Å². The van der Waals surface area contributed by atoms with E-state index in [1.165, 1.54) is 0 Å². The fourth-order valence-corrected chi connectivity index (χ4v) is 1.80. The normalized spacial score (nSPS) is 11.3. The van der Waals surface area contributed by atoms with Crippen LogP contribution in [0.25, 0.3) is 0 Å². The third-order valence-corrected chi connectivity index (χ3v) is 3.27. The first-order valence-corrected chi connectivity index (χ1v) is 7.41. The van der Waals surface area contributed by atoms with E-state index in [9.17, 15) is 4.79 Å². The molecule has 0 aliphatic heterocycles. The van der Waals surface area contributed by atoms with Gasteiger partial charge in [0.25, 0.3) is 5.91 Å². The van der Waals surface area contributed by atoms with Crippen LogP contribution in [0.5, 0.6) is 11.5 Å². The van der Waals surface area contributed by atoms with Crippen molar-refractivity contribution >= 4 is 18.3 Å². The lowest BCUT2D eigenvalue weighted by Gasteiger charge is -2.24. The Morgan fingerprint density at radius 2 is 1.95 bits per heavy atom. The van der Waals surface area contributed by atoms with Gasteiger partial charge >= 0.3 is 0 Å². The van der Waals surface area contributed by atoms with Crippen LogP contribution in [0, 0.1) is 0 Å². The lowest BCUT2D eigenvalue weighted by atomic mass is 10.1. The first-order valence-electron chi connectivity index (χ1n) is 7.41. The van der Waals surface area contributed by atoms with Crippen molar-refractivity contribution in [3.05, 3.63) is 23.8 Å². The number of nitrogens with zero attached hydrogens (tertiary/aromatic N) is 1. The summed E-state index contributed by atoms with van der Waals surface area (Å²) in [7, 11) is 1.75.